The number of hydrogen-bond acceptors (Lipinski definition) is 11. The summed E-state index contributed by atoms with van der Waals surface area (Å²) in [5, 5.41) is 28.8. The maximum Gasteiger partial charge on any atom is 0.210 e. The van der Waals surface area contributed by atoms with Gasteiger partial charge in [0.25, 0.3) is 0 Å². The van der Waals surface area contributed by atoms with Crippen molar-refractivity contribution < 1.29 is 14.4 Å². The van der Waals surface area contributed by atoms with Gasteiger partial charge in [-0.15, -0.1) is 10.2 Å². The van der Waals surface area contributed by atoms with Gasteiger partial charge in [0, 0.05) is 17.7 Å². The summed E-state index contributed by atoms with van der Waals surface area (Å²) < 4.78 is 11.1. The van der Waals surface area contributed by atoms with Gasteiger partial charge >= 0.3 is 0 Å². The molecule has 3 aromatic heterocycles. The summed E-state index contributed by atoms with van der Waals surface area (Å²) in [6.45, 7) is 6.31. The lowest BCUT2D eigenvalue weighted by Crippen LogP contribution is -2.29. The van der Waals surface area contributed by atoms with Crippen molar-refractivity contribution in [2.24, 2.45) is 0 Å². The minimum absolute atomic E-state index is 0.174. The SMILES string of the molecule is CNCC(O)COc1cccc(-c2nc(Nc3nncs3)c(C)c(-c3c(C)noc3C)n2)c1. The van der Waals surface area contributed by atoms with Crippen LogP contribution in [0.2, 0.25) is 0 Å². The molecule has 0 saturated heterocycles. The summed E-state index contributed by atoms with van der Waals surface area (Å²) in [4.78, 5) is 9.63. The molecule has 172 valence electrons. The second-order valence-corrected chi connectivity index (χ2v) is 8.32. The summed E-state index contributed by atoms with van der Waals surface area (Å²) in [5.74, 6) is 2.41. The predicted molar refractivity (Wildman–Crippen MR) is 126 cm³/mol. The Hall–Kier alpha value is -3.41. The van der Waals surface area contributed by atoms with Crippen LogP contribution in [0.1, 0.15) is 17.0 Å². The van der Waals surface area contributed by atoms with Crippen LogP contribution in [0.15, 0.2) is 34.3 Å². The summed E-state index contributed by atoms with van der Waals surface area (Å²) in [5.41, 5.74) is 5.56. The third-order valence-electron chi connectivity index (χ3n) is 4.98. The van der Waals surface area contributed by atoms with Crippen molar-refractivity contribution in [1.29, 1.82) is 0 Å². The Morgan fingerprint density at radius 1 is 1.21 bits per heavy atom. The number of aliphatic hydroxyl groups is 1. The van der Waals surface area contributed by atoms with E-state index in [4.69, 9.17) is 19.2 Å². The standard InChI is InChI=1S/C22H25N7O3S/c1-12-19(18-13(2)29-32-14(18)3)25-21(26-20(12)27-22-28-24-11-33-22)15-6-5-7-17(8-15)31-10-16(30)9-23-4/h5-8,11,16,23,30H,9-10H2,1-4H3,(H,25,26,27,28). The van der Waals surface area contributed by atoms with Crippen molar-refractivity contribution in [3.63, 3.8) is 0 Å². The highest BCUT2D eigenvalue weighted by atomic mass is 32.1. The van der Waals surface area contributed by atoms with Crippen LogP contribution in [-0.4, -0.2) is 56.7 Å². The number of hydrogen-bond donors (Lipinski definition) is 3. The number of nitrogens with one attached hydrogen (secondary N) is 2. The van der Waals surface area contributed by atoms with Gasteiger partial charge in [-0.3, -0.25) is 0 Å². The monoisotopic (exact) mass is 467 g/mol. The molecule has 0 aliphatic carbocycles. The van der Waals surface area contributed by atoms with Gasteiger partial charge in [-0.1, -0.05) is 28.6 Å². The summed E-state index contributed by atoms with van der Waals surface area (Å²) in [6.07, 6.45) is -0.608. The predicted octanol–water partition coefficient (Wildman–Crippen LogP) is 3.28. The molecule has 4 aromatic rings. The summed E-state index contributed by atoms with van der Waals surface area (Å²) in [6, 6.07) is 7.46. The fourth-order valence-corrected chi connectivity index (χ4v) is 3.82. The molecule has 0 radical (unpaired) electrons. The van der Waals surface area contributed by atoms with Crippen LogP contribution in [0.5, 0.6) is 5.75 Å². The quantitative estimate of drug-likeness (QED) is 0.337. The van der Waals surface area contributed by atoms with E-state index in [1.54, 1.807) is 12.6 Å². The Balaban J connectivity index is 1.75. The molecule has 10 nitrogen and oxygen atoms in total. The molecule has 0 aliphatic rings. The molecule has 0 spiro atoms. The molecule has 3 heterocycles. The Kier molecular flexibility index (Phi) is 6.92. The number of rotatable bonds is 9. The number of ether oxygens (including phenoxy) is 1. The van der Waals surface area contributed by atoms with Crippen molar-refractivity contribution in [3.8, 4) is 28.4 Å². The number of aromatic nitrogens is 5. The molecular formula is C22H25N7O3S. The Morgan fingerprint density at radius 3 is 2.76 bits per heavy atom. The summed E-state index contributed by atoms with van der Waals surface area (Å²) in [7, 11) is 1.78. The van der Waals surface area contributed by atoms with Crippen molar-refractivity contribution >= 4 is 22.3 Å². The van der Waals surface area contributed by atoms with E-state index in [2.05, 4.69) is 26.0 Å². The number of nitrogens with zero attached hydrogens (tertiary/aromatic N) is 5. The normalized spacial score (nSPS) is 12.0. The largest absolute Gasteiger partial charge is 0.491 e. The Bertz CT molecular complexity index is 1210. The second kappa shape index (κ2) is 10.0. The van der Waals surface area contributed by atoms with Crippen LogP contribution in [0.4, 0.5) is 10.9 Å². The molecule has 3 N–H and O–H groups in total. The Labute approximate surface area is 195 Å². The van der Waals surface area contributed by atoms with E-state index in [-0.39, 0.29) is 6.61 Å². The number of likely N-dealkylation sites (N-methyl/N-ethyl adjacent to an activating group) is 1. The van der Waals surface area contributed by atoms with Crippen molar-refractivity contribution in [1.82, 2.24) is 30.6 Å². The highest BCUT2D eigenvalue weighted by Crippen LogP contribution is 2.34. The molecule has 0 amide bonds. The zero-order valence-electron chi connectivity index (χ0n) is 18.8. The zero-order valence-corrected chi connectivity index (χ0v) is 19.6. The van der Waals surface area contributed by atoms with Gasteiger partial charge in [0.2, 0.25) is 5.13 Å². The average Bonchev–Trinajstić information content (AvgIpc) is 3.44. The van der Waals surface area contributed by atoms with E-state index in [9.17, 15) is 5.11 Å². The molecular weight excluding hydrogens is 442 g/mol. The first kappa shape index (κ1) is 22.8. The van der Waals surface area contributed by atoms with Gasteiger partial charge in [-0.2, -0.15) is 0 Å². The van der Waals surface area contributed by atoms with E-state index in [0.717, 1.165) is 28.1 Å². The van der Waals surface area contributed by atoms with Gasteiger partial charge < -0.3 is 25.0 Å². The topological polar surface area (TPSA) is 131 Å². The highest BCUT2D eigenvalue weighted by molar-refractivity contribution is 7.13. The van der Waals surface area contributed by atoms with Gasteiger partial charge in [0.1, 0.15) is 35.5 Å². The van der Waals surface area contributed by atoms with E-state index in [1.807, 2.05) is 45.0 Å². The molecule has 4 rings (SSSR count). The van der Waals surface area contributed by atoms with Gasteiger partial charge in [-0.25, -0.2) is 9.97 Å². The van der Waals surface area contributed by atoms with Crippen LogP contribution in [-0.2, 0) is 0 Å². The lowest BCUT2D eigenvalue weighted by molar-refractivity contribution is 0.108. The van der Waals surface area contributed by atoms with Crippen LogP contribution in [0, 0.1) is 20.8 Å². The first-order valence-corrected chi connectivity index (χ1v) is 11.2. The number of aliphatic hydroxyl groups excluding tert-OH is 1. The molecule has 1 unspecified atom stereocenters. The molecule has 1 atom stereocenters. The molecule has 33 heavy (non-hydrogen) atoms. The first-order valence-electron chi connectivity index (χ1n) is 10.4. The van der Waals surface area contributed by atoms with Gasteiger partial charge in [-0.05, 0) is 40.0 Å². The lowest BCUT2D eigenvalue weighted by Gasteiger charge is -2.14. The Morgan fingerprint density at radius 2 is 2.06 bits per heavy atom. The van der Waals surface area contributed by atoms with E-state index in [0.29, 0.717) is 34.8 Å². The zero-order chi connectivity index (χ0) is 23.4. The maximum absolute atomic E-state index is 9.93. The summed E-state index contributed by atoms with van der Waals surface area (Å²) >= 11 is 1.38. The number of benzene rings is 1. The number of aryl methyl sites for hydroxylation is 2. The van der Waals surface area contributed by atoms with Gasteiger partial charge in [0.15, 0.2) is 5.82 Å². The van der Waals surface area contributed by atoms with Crippen LogP contribution in [0.3, 0.4) is 0 Å². The third-order valence-corrected chi connectivity index (χ3v) is 5.58. The molecule has 1 aromatic carbocycles. The van der Waals surface area contributed by atoms with Crippen LogP contribution < -0.4 is 15.4 Å². The third kappa shape index (κ3) is 5.16. The lowest BCUT2D eigenvalue weighted by atomic mass is 10.0. The molecule has 0 saturated carbocycles. The minimum atomic E-state index is -0.608. The van der Waals surface area contributed by atoms with Gasteiger partial charge in [0.05, 0.1) is 17.0 Å². The van der Waals surface area contributed by atoms with E-state index in [1.165, 1.54) is 11.3 Å². The fraction of sp³-hybridized carbons (Fsp3) is 0.318. The smallest absolute Gasteiger partial charge is 0.210 e. The molecule has 0 bridgehead atoms. The van der Waals surface area contributed by atoms with Crippen molar-refractivity contribution in [2.75, 3.05) is 25.5 Å². The van der Waals surface area contributed by atoms with Crippen LogP contribution >= 0.6 is 11.3 Å². The second-order valence-electron chi connectivity index (χ2n) is 7.49. The van der Waals surface area contributed by atoms with E-state index >= 15 is 0 Å². The minimum Gasteiger partial charge on any atom is -0.491 e. The molecule has 11 heteroatoms. The maximum atomic E-state index is 9.93. The van der Waals surface area contributed by atoms with Crippen molar-refractivity contribution in [2.45, 2.75) is 26.9 Å². The first-order chi connectivity index (χ1) is 16.0. The van der Waals surface area contributed by atoms with Crippen molar-refractivity contribution in [3.05, 3.63) is 46.8 Å². The van der Waals surface area contributed by atoms with Crippen LogP contribution in [0.25, 0.3) is 22.6 Å². The number of anilines is 2. The molecule has 0 fully saturated rings. The van der Waals surface area contributed by atoms with E-state index < -0.39 is 6.10 Å². The highest BCUT2D eigenvalue weighted by Gasteiger charge is 2.21. The fourth-order valence-electron chi connectivity index (χ4n) is 3.37. The average molecular weight is 468 g/mol. The molecule has 0 aliphatic heterocycles.